The Morgan fingerprint density at radius 1 is 1.12 bits per heavy atom. The molecule has 0 bridgehead atoms. The van der Waals surface area contributed by atoms with Gasteiger partial charge in [0.05, 0.1) is 12.1 Å². The van der Waals surface area contributed by atoms with E-state index in [1.165, 1.54) is 12.8 Å². The summed E-state index contributed by atoms with van der Waals surface area (Å²) in [5.41, 5.74) is 0. The van der Waals surface area contributed by atoms with E-state index in [1.807, 2.05) is 0 Å². The lowest BCUT2D eigenvalue weighted by Crippen LogP contribution is -2.60. The fraction of sp³-hybridized carbons (Fsp3) is 0.923. The van der Waals surface area contributed by atoms with E-state index < -0.39 is 0 Å². The monoisotopic (exact) mass is 238 g/mol. The quantitative estimate of drug-likeness (QED) is 0.738. The minimum Gasteiger partial charge on any atom is -0.366 e. The number of hydrogen-bond donors (Lipinski definition) is 1. The van der Waals surface area contributed by atoms with E-state index in [4.69, 9.17) is 4.74 Å². The molecule has 0 radical (unpaired) electrons. The first-order valence-corrected chi connectivity index (χ1v) is 7.00. The molecule has 0 aromatic carbocycles. The van der Waals surface area contributed by atoms with Gasteiger partial charge in [0.2, 0.25) is 5.91 Å². The van der Waals surface area contributed by atoms with Crippen molar-refractivity contribution in [3.8, 4) is 0 Å². The number of morpholine rings is 1. The Morgan fingerprint density at radius 3 is 2.71 bits per heavy atom. The summed E-state index contributed by atoms with van der Waals surface area (Å²) in [5.74, 6) is 0.222. The Hall–Kier alpha value is -0.610. The first kappa shape index (κ1) is 11.5. The van der Waals surface area contributed by atoms with Crippen molar-refractivity contribution in [3.05, 3.63) is 0 Å². The molecule has 1 amide bonds. The van der Waals surface area contributed by atoms with Crippen molar-refractivity contribution in [1.29, 1.82) is 0 Å². The zero-order valence-electron chi connectivity index (χ0n) is 10.4. The Balaban J connectivity index is 1.75. The minimum atomic E-state index is 0.222. The summed E-state index contributed by atoms with van der Waals surface area (Å²) in [7, 11) is 0. The number of carbonyl (C=O) groups is 1. The van der Waals surface area contributed by atoms with Crippen LogP contribution in [0.5, 0.6) is 0 Å². The van der Waals surface area contributed by atoms with E-state index in [0.29, 0.717) is 24.8 Å². The van der Waals surface area contributed by atoms with Crippen LogP contribution in [-0.2, 0) is 9.53 Å². The highest BCUT2D eigenvalue weighted by molar-refractivity contribution is 5.79. The van der Waals surface area contributed by atoms with Crippen LogP contribution in [0.2, 0.25) is 0 Å². The molecule has 0 aromatic heterocycles. The van der Waals surface area contributed by atoms with Crippen LogP contribution in [-0.4, -0.2) is 48.7 Å². The maximum absolute atomic E-state index is 12.1. The summed E-state index contributed by atoms with van der Waals surface area (Å²) in [5, 5.41) is 3.37. The highest BCUT2D eigenvalue weighted by atomic mass is 16.5. The molecule has 1 N–H and O–H groups in total. The van der Waals surface area contributed by atoms with Crippen molar-refractivity contribution in [2.24, 2.45) is 0 Å². The van der Waals surface area contributed by atoms with Crippen LogP contribution in [0.4, 0.5) is 0 Å². The normalized spacial score (nSPS) is 35.8. The lowest BCUT2D eigenvalue weighted by molar-refractivity contribution is -0.166. The van der Waals surface area contributed by atoms with Gasteiger partial charge in [-0.3, -0.25) is 4.79 Å². The lowest BCUT2D eigenvalue weighted by Gasteiger charge is -2.48. The number of carbonyl (C=O) groups excluding carboxylic acids is 1. The van der Waals surface area contributed by atoms with E-state index in [2.05, 4.69) is 10.2 Å². The highest BCUT2D eigenvalue weighted by Crippen LogP contribution is 2.31. The number of piperidine rings is 1. The van der Waals surface area contributed by atoms with Gasteiger partial charge in [-0.1, -0.05) is 12.8 Å². The average molecular weight is 238 g/mol. The fourth-order valence-electron chi connectivity index (χ4n) is 3.59. The van der Waals surface area contributed by atoms with Gasteiger partial charge in [0.1, 0.15) is 6.61 Å². The Bertz CT molecular complexity index is 289. The first-order chi connectivity index (χ1) is 8.36. The van der Waals surface area contributed by atoms with Crippen LogP contribution in [0, 0.1) is 0 Å². The van der Waals surface area contributed by atoms with Crippen LogP contribution in [0.25, 0.3) is 0 Å². The molecule has 2 aliphatic heterocycles. The van der Waals surface area contributed by atoms with E-state index in [0.717, 1.165) is 38.8 Å². The van der Waals surface area contributed by atoms with E-state index in [1.54, 1.807) is 0 Å². The molecule has 4 heteroatoms. The van der Waals surface area contributed by atoms with Crippen molar-refractivity contribution in [1.82, 2.24) is 10.2 Å². The number of rotatable bonds is 1. The van der Waals surface area contributed by atoms with Crippen LogP contribution < -0.4 is 5.32 Å². The second-order valence-corrected chi connectivity index (χ2v) is 5.48. The number of amides is 1. The second kappa shape index (κ2) is 4.94. The number of fused-ring (bicyclic) bond motifs is 1. The van der Waals surface area contributed by atoms with Crippen molar-refractivity contribution in [2.45, 2.75) is 56.7 Å². The Kier molecular flexibility index (Phi) is 3.34. The first-order valence-electron chi connectivity index (χ1n) is 7.00. The molecular formula is C13H22N2O2. The predicted molar refractivity (Wildman–Crippen MR) is 64.7 cm³/mol. The third kappa shape index (κ3) is 2.20. The standard InChI is InChI=1S/C13H22N2O2/c16-13-9-17-12-4-2-1-3-11(12)15(13)10-5-7-14-8-6-10/h10-12,14H,1-9H2. The Morgan fingerprint density at radius 2 is 1.88 bits per heavy atom. The summed E-state index contributed by atoms with van der Waals surface area (Å²) in [6.07, 6.45) is 7.31. The zero-order chi connectivity index (χ0) is 11.7. The summed E-state index contributed by atoms with van der Waals surface area (Å²) in [4.78, 5) is 14.3. The van der Waals surface area contributed by atoms with Gasteiger partial charge in [0, 0.05) is 6.04 Å². The summed E-state index contributed by atoms with van der Waals surface area (Å²) in [6.45, 7) is 2.41. The van der Waals surface area contributed by atoms with Gasteiger partial charge >= 0.3 is 0 Å². The zero-order valence-corrected chi connectivity index (χ0v) is 10.4. The highest BCUT2D eigenvalue weighted by Gasteiger charge is 2.41. The Labute approximate surface area is 103 Å². The maximum atomic E-state index is 12.1. The van der Waals surface area contributed by atoms with Gasteiger partial charge in [-0.25, -0.2) is 0 Å². The smallest absolute Gasteiger partial charge is 0.249 e. The molecule has 2 atom stereocenters. The van der Waals surface area contributed by atoms with Gasteiger partial charge in [-0.15, -0.1) is 0 Å². The molecule has 0 spiro atoms. The van der Waals surface area contributed by atoms with Crippen LogP contribution in [0.15, 0.2) is 0 Å². The fourth-order valence-corrected chi connectivity index (χ4v) is 3.59. The van der Waals surface area contributed by atoms with Gasteiger partial charge in [-0.2, -0.15) is 0 Å². The molecule has 96 valence electrons. The van der Waals surface area contributed by atoms with E-state index in [9.17, 15) is 4.79 Å². The van der Waals surface area contributed by atoms with Gasteiger partial charge in [0.15, 0.2) is 0 Å². The second-order valence-electron chi connectivity index (χ2n) is 5.48. The molecule has 1 saturated carbocycles. The third-order valence-electron chi connectivity index (χ3n) is 4.44. The van der Waals surface area contributed by atoms with Crippen molar-refractivity contribution < 1.29 is 9.53 Å². The minimum absolute atomic E-state index is 0.222. The number of hydrogen-bond acceptors (Lipinski definition) is 3. The molecule has 3 rings (SSSR count). The molecule has 17 heavy (non-hydrogen) atoms. The summed E-state index contributed by atoms with van der Waals surface area (Å²) >= 11 is 0. The number of nitrogens with one attached hydrogen (secondary N) is 1. The molecule has 2 unspecified atom stereocenters. The summed E-state index contributed by atoms with van der Waals surface area (Å²) < 4.78 is 5.71. The summed E-state index contributed by atoms with van der Waals surface area (Å²) in [6, 6.07) is 0.825. The molecule has 3 aliphatic rings. The molecule has 0 aromatic rings. The number of nitrogens with zero attached hydrogens (tertiary/aromatic N) is 1. The van der Waals surface area contributed by atoms with Crippen molar-refractivity contribution in [2.75, 3.05) is 19.7 Å². The average Bonchev–Trinajstić information content (AvgIpc) is 2.39. The van der Waals surface area contributed by atoms with Crippen molar-refractivity contribution >= 4 is 5.91 Å². The lowest BCUT2D eigenvalue weighted by atomic mass is 9.88. The van der Waals surface area contributed by atoms with Crippen molar-refractivity contribution in [3.63, 3.8) is 0 Å². The number of ether oxygens (including phenoxy) is 1. The third-order valence-corrected chi connectivity index (χ3v) is 4.44. The molecule has 1 aliphatic carbocycles. The van der Waals surface area contributed by atoms with E-state index >= 15 is 0 Å². The van der Waals surface area contributed by atoms with E-state index in [-0.39, 0.29) is 5.91 Å². The maximum Gasteiger partial charge on any atom is 0.249 e. The molecule has 2 heterocycles. The molecular weight excluding hydrogens is 216 g/mol. The molecule has 4 nitrogen and oxygen atoms in total. The van der Waals surface area contributed by atoms with Crippen LogP contribution >= 0.6 is 0 Å². The van der Waals surface area contributed by atoms with Crippen LogP contribution in [0.3, 0.4) is 0 Å². The largest absolute Gasteiger partial charge is 0.366 e. The van der Waals surface area contributed by atoms with Gasteiger partial charge in [-0.05, 0) is 38.8 Å². The predicted octanol–water partition coefficient (Wildman–Crippen LogP) is 0.908. The molecule has 3 fully saturated rings. The molecule has 2 saturated heterocycles. The van der Waals surface area contributed by atoms with Gasteiger partial charge < -0.3 is 15.0 Å². The topological polar surface area (TPSA) is 41.6 Å². The SMILES string of the molecule is O=C1COC2CCCCC2N1C1CCNCC1. The van der Waals surface area contributed by atoms with Crippen LogP contribution in [0.1, 0.15) is 38.5 Å². The van der Waals surface area contributed by atoms with Gasteiger partial charge in [0.25, 0.3) is 0 Å².